The minimum Gasteiger partial charge on any atom is -0.465 e. The fourth-order valence-electron chi connectivity index (χ4n) is 2.58. The van der Waals surface area contributed by atoms with Crippen LogP contribution in [-0.4, -0.2) is 62.7 Å². The summed E-state index contributed by atoms with van der Waals surface area (Å²) in [5.74, 6) is 0. The van der Waals surface area contributed by atoms with Crippen LogP contribution in [0.15, 0.2) is 30.3 Å². The van der Waals surface area contributed by atoms with Crippen LogP contribution in [0.2, 0.25) is 0 Å². The first-order chi connectivity index (χ1) is 10.8. The van der Waals surface area contributed by atoms with E-state index in [1.165, 1.54) is 4.90 Å². The van der Waals surface area contributed by atoms with Crippen molar-refractivity contribution in [2.24, 2.45) is 0 Å². The Bertz CT molecular complexity index is 618. The van der Waals surface area contributed by atoms with E-state index < -0.39 is 22.3 Å². The van der Waals surface area contributed by atoms with Gasteiger partial charge in [0.15, 0.2) is 0 Å². The van der Waals surface area contributed by atoms with Gasteiger partial charge >= 0.3 is 6.09 Å². The predicted molar refractivity (Wildman–Crippen MR) is 83.8 cm³/mol. The average molecular weight is 343 g/mol. The number of amides is 1. The predicted octanol–water partition coefficient (Wildman–Crippen LogP) is 1.34. The van der Waals surface area contributed by atoms with Gasteiger partial charge in [0.2, 0.25) is 0 Å². The van der Waals surface area contributed by atoms with E-state index in [0.717, 1.165) is 18.2 Å². The van der Waals surface area contributed by atoms with Gasteiger partial charge in [-0.3, -0.25) is 4.18 Å². The van der Waals surface area contributed by atoms with Gasteiger partial charge in [-0.25, -0.2) is 4.79 Å². The maximum atomic E-state index is 11.2. The highest BCUT2D eigenvalue weighted by Gasteiger charge is 2.36. The summed E-state index contributed by atoms with van der Waals surface area (Å²) in [5, 5.41) is 9.20. The van der Waals surface area contributed by atoms with E-state index in [4.69, 9.17) is 8.92 Å². The monoisotopic (exact) mass is 343 g/mol. The number of benzene rings is 1. The molecular formula is C15H21NO6S. The summed E-state index contributed by atoms with van der Waals surface area (Å²) in [6.45, 7) is 0.535. The minimum atomic E-state index is -3.59. The second-order valence-electron chi connectivity index (χ2n) is 5.54. The molecule has 128 valence electrons. The molecule has 0 bridgehead atoms. The van der Waals surface area contributed by atoms with Gasteiger partial charge < -0.3 is 14.7 Å². The molecule has 1 N–H and O–H groups in total. The van der Waals surface area contributed by atoms with E-state index in [0.29, 0.717) is 13.0 Å². The molecule has 2 rings (SSSR count). The normalized spacial score (nSPS) is 21.5. The van der Waals surface area contributed by atoms with Crippen LogP contribution in [0.25, 0.3) is 0 Å². The standard InChI is InChI=1S/C15H21NO6S/c1-23(19,20)22-11-13-9-14(10-16(13)15(17)18)21-8-7-12-5-3-2-4-6-12/h2-6,13-14H,7-11H2,1H3,(H,17,18)/t13-,14+/m0/s1. The number of rotatable bonds is 7. The molecule has 1 amide bonds. The molecule has 1 aliphatic rings. The van der Waals surface area contributed by atoms with Crippen LogP contribution >= 0.6 is 0 Å². The second kappa shape index (κ2) is 7.76. The number of likely N-dealkylation sites (tertiary alicyclic amines) is 1. The van der Waals surface area contributed by atoms with Crippen molar-refractivity contribution in [1.82, 2.24) is 4.90 Å². The maximum absolute atomic E-state index is 11.2. The lowest BCUT2D eigenvalue weighted by Crippen LogP contribution is -2.38. The molecule has 1 aromatic carbocycles. The van der Waals surface area contributed by atoms with Gasteiger partial charge in [0, 0.05) is 0 Å². The van der Waals surface area contributed by atoms with Gasteiger partial charge in [-0.1, -0.05) is 30.3 Å². The summed E-state index contributed by atoms with van der Waals surface area (Å²) in [5.41, 5.74) is 1.15. The molecule has 1 heterocycles. The number of ether oxygens (including phenoxy) is 1. The van der Waals surface area contributed by atoms with Crippen molar-refractivity contribution in [2.75, 3.05) is 26.0 Å². The average Bonchev–Trinajstić information content (AvgIpc) is 2.89. The summed E-state index contributed by atoms with van der Waals surface area (Å²) in [6, 6.07) is 9.35. The first-order valence-corrected chi connectivity index (χ1v) is 9.16. The number of hydrogen-bond donors (Lipinski definition) is 1. The van der Waals surface area contributed by atoms with E-state index in [1.54, 1.807) is 0 Å². The van der Waals surface area contributed by atoms with E-state index in [2.05, 4.69) is 0 Å². The topological polar surface area (TPSA) is 93.1 Å². The molecule has 1 aliphatic heterocycles. The Hall–Kier alpha value is -1.64. The first-order valence-electron chi connectivity index (χ1n) is 7.34. The third kappa shape index (κ3) is 5.81. The van der Waals surface area contributed by atoms with Gasteiger partial charge in [-0.05, 0) is 18.4 Å². The number of nitrogens with zero attached hydrogens (tertiary/aromatic N) is 1. The highest BCUT2D eigenvalue weighted by molar-refractivity contribution is 7.85. The van der Waals surface area contributed by atoms with Crippen LogP contribution in [0, 0.1) is 0 Å². The fourth-order valence-corrected chi connectivity index (χ4v) is 2.98. The highest BCUT2D eigenvalue weighted by atomic mass is 32.2. The van der Waals surface area contributed by atoms with Crippen molar-refractivity contribution in [1.29, 1.82) is 0 Å². The van der Waals surface area contributed by atoms with Gasteiger partial charge in [0.1, 0.15) is 0 Å². The summed E-state index contributed by atoms with van der Waals surface area (Å²) >= 11 is 0. The highest BCUT2D eigenvalue weighted by Crippen LogP contribution is 2.21. The van der Waals surface area contributed by atoms with Crippen LogP contribution in [0.5, 0.6) is 0 Å². The van der Waals surface area contributed by atoms with Gasteiger partial charge in [-0.2, -0.15) is 8.42 Å². The Balaban J connectivity index is 1.83. The Morgan fingerprint density at radius 1 is 1.35 bits per heavy atom. The molecule has 1 saturated heterocycles. The molecule has 0 aromatic heterocycles. The number of hydrogen-bond acceptors (Lipinski definition) is 5. The minimum absolute atomic E-state index is 0.177. The molecular weight excluding hydrogens is 322 g/mol. The van der Waals surface area contributed by atoms with E-state index in [-0.39, 0.29) is 19.3 Å². The van der Waals surface area contributed by atoms with Crippen molar-refractivity contribution in [3.05, 3.63) is 35.9 Å². The Morgan fingerprint density at radius 3 is 2.65 bits per heavy atom. The summed E-state index contributed by atoms with van der Waals surface area (Å²) in [4.78, 5) is 12.4. The number of carbonyl (C=O) groups is 1. The lowest BCUT2D eigenvalue weighted by Gasteiger charge is -2.20. The smallest absolute Gasteiger partial charge is 0.407 e. The van der Waals surface area contributed by atoms with Crippen molar-refractivity contribution < 1.29 is 27.2 Å². The molecule has 1 aromatic rings. The second-order valence-corrected chi connectivity index (χ2v) is 7.19. The van der Waals surface area contributed by atoms with Crippen molar-refractivity contribution in [3.8, 4) is 0 Å². The summed E-state index contributed by atoms with van der Waals surface area (Å²) < 4.78 is 32.6. The van der Waals surface area contributed by atoms with Gasteiger partial charge in [0.05, 0.1) is 38.2 Å². The third-order valence-electron chi connectivity index (χ3n) is 3.68. The third-order valence-corrected chi connectivity index (χ3v) is 4.25. The molecule has 23 heavy (non-hydrogen) atoms. The van der Waals surface area contributed by atoms with Crippen LogP contribution < -0.4 is 0 Å². The van der Waals surface area contributed by atoms with Crippen LogP contribution in [0.1, 0.15) is 12.0 Å². The molecule has 0 saturated carbocycles. The zero-order valence-corrected chi connectivity index (χ0v) is 13.7. The van der Waals surface area contributed by atoms with E-state index in [9.17, 15) is 18.3 Å². The summed E-state index contributed by atoms with van der Waals surface area (Å²) in [7, 11) is -3.59. The molecule has 1 fully saturated rings. The molecule has 2 atom stereocenters. The van der Waals surface area contributed by atoms with Crippen molar-refractivity contribution >= 4 is 16.2 Å². The lowest BCUT2D eigenvalue weighted by molar-refractivity contribution is 0.0607. The van der Waals surface area contributed by atoms with Crippen LogP contribution in [-0.2, 0) is 25.5 Å². The Morgan fingerprint density at radius 2 is 2.04 bits per heavy atom. The quantitative estimate of drug-likeness (QED) is 0.751. The lowest BCUT2D eigenvalue weighted by atomic mass is 10.1. The fraction of sp³-hybridized carbons (Fsp3) is 0.533. The summed E-state index contributed by atoms with van der Waals surface area (Å²) in [6.07, 6.45) is 0.774. The van der Waals surface area contributed by atoms with Gasteiger partial charge in [0.25, 0.3) is 10.1 Å². The maximum Gasteiger partial charge on any atom is 0.407 e. The van der Waals surface area contributed by atoms with Gasteiger partial charge in [-0.15, -0.1) is 0 Å². The zero-order chi connectivity index (χ0) is 16.9. The SMILES string of the molecule is CS(=O)(=O)OC[C@@H]1C[C@@H](OCCc2ccccc2)CN1C(=O)O. The van der Waals surface area contributed by atoms with E-state index >= 15 is 0 Å². The Labute approximate surface area is 135 Å². The first kappa shape index (κ1) is 17.7. The molecule has 0 radical (unpaired) electrons. The molecule has 0 unspecified atom stereocenters. The largest absolute Gasteiger partial charge is 0.465 e. The van der Waals surface area contributed by atoms with Crippen molar-refractivity contribution in [3.63, 3.8) is 0 Å². The zero-order valence-electron chi connectivity index (χ0n) is 12.9. The van der Waals surface area contributed by atoms with Crippen LogP contribution in [0.3, 0.4) is 0 Å². The molecule has 0 spiro atoms. The molecule has 0 aliphatic carbocycles. The number of carboxylic acid groups (broad SMARTS) is 1. The Kier molecular flexibility index (Phi) is 5.97. The van der Waals surface area contributed by atoms with Crippen LogP contribution in [0.4, 0.5) is 4.79 Å². The van der Waals surface area contributed by atoms with Crippen molar-refractivity contribution in [2.45, 2.75) is 25.0 Å². The molecule has 7 nitrogen and oxygen atoms in total. The molecule has 8 heteroatoms. The van der Waals surface area contributed by atoms with E-state index in [1.807, 2.05) is 30.3 Å².